The minimum Gasteiger partial charge on any atom is -0.347 e. The fourth-order valence-corrected chi connectivity index (χ4v) is 3.36. The van der Waals surface area contributed by atoms with Crippen LogP contribution in [0.1, 0.15) is 26.3 Å². The summed E-state index contributed by atoms with van der Waals surface area (Å²) in [4.78, 5) is 0. The molecule has 92 valence electrons. The number of thioether (sulfide) groups is 1. The van der Waals surface area contributed by atoms with Gasteiger partial charge >= 0.3 is 0 Å². The van der Waals surface area contributed by atoms with E-state index in [1.165, 1.54) is 20.9 Å². The summed E-state index contributed by atoms with van der Waals surface area (Å²) in [5.41, 5.74) is 2.77. The number of aryl methyl sites for hydroxylation is 1. The first-order valence-electron chi connectivity index (χ1n) is 6.01. The monoisotopic (exact) mass is 311 g/mol. The summed E-state index contributed by atoms with van der Waals surface area (Å²) in [6, 6.07) is 6.44. The molecule has 1 aromatic heterocycles. The van der Waals surface area contributed by atoms with Crippen LogP contribution < -0.4 is 0 Å². The van der Waals surface area contributed by atoms with E-state index in [4.69, 9.17) is 0 Å². The van der Waals surface area contributed by atoms with Gasteiger partial charge in [0.1, 0.15) is 0 Å². The Labute approximate surface area is 116 Å². The fraction of sp³-hybridized carbons (Fsp3) is 0.429. The highest BCUT2D eigenvalue weighted by atomic mass is 79.9. The quantitative estimate of drug-likeness (QED) is 0.763. The number of nitrogens with zero attached hydrogens (tertiary/aromatic N) is 1. The van der Waals surface area contributed by atoms with Crippen molar-refractivity contribution in [3.05, 3.63) is 34.4 Å². The minimum atomic E-state index is 0.678. The molecular weight excluding hydrogens is 294 g/mol. The van der Waals surface area contributed by atoms with E-state index in [0.717, 1.165) is 12.3 Å². The molecule has 1 heterocycles. The van der Waals surface area contributed by atoms with Crippen LogP contribution >= 0.6 is 27.7 Å². The average molecular weight is 312 g/mol. The largest absolute Gasteiger partial charge is 0.347 e. The van der Waals surface area contributed by atoms with E-state index in [1.807, 2.05) is 11.8 Å². The number of halogens is 1. The Morgan fingerprint density at radius 1 is 1.35 bits per heavy atom. The van der Waals surface area contributed by atoms with Gasteiger partial charge in [-0.2, -0.15) is 11.8 Å². The lowest BCUT2D eigenvalue weighted by atomic mass is 10.2. The van der Waals surface area contributed by atoms with Crippen LogP contribution in [0.2, 0.25) is 0 Å². The van der Waals surface area contributed by atoms with Gasteiger partial charge in [-0.3, -0.25) is 0 Å². The Bertz CT molecular complexity index is 516. The molecule has 0 saturated heterocycles. The molecule has 17 heavy (non-hydrogen) atoms. The van der Waals surface area contributed by atoms with Gasteiger partial charge in [0.25, 0.3) is 0 Å². The molecule has 0 N–H and O–H groups in total. The Morgan fingerprint density at radius 3 is 2.76 bits per heavy atom. The van der Waals surface area contributed by atoms with Crippen LogP contribution in [0.3, 0.4) is 0 Å². The van der Waals surface area contributed by atoms with Gasteiger partial charge in [-0.15, -0.1) is 0 Å². The molecule has 2 rings (SSSR count). The van der Waals surface area contributed by atoms with Gasteiger partial charge in [0.05, 0.1) is 0 Å². The molecule has 0 unspecified atom stereocenters. The lowest BCUT2D eigenvalue weighted by Gasteiger charge is -2.04. The van der Waals surface area contributed by atoms with Crippen molar-refractivity contribution in [2.45, 2.75) is 38.3 Å². The fourth-order valence-electron chi connectivity index (χ4n) is 2.02. The first-order chi connectivity index (χ1) is 8.13. The molecule has 2 aromatic rings. The van der Waals surface area contributed by atoms with Crippen LogP contribution in [0.25, 0.3) is 10.9 Å². The van der Waals surface area contributed by atoms with Crippen molar-refractivity contribution in [3.63, 3.8) is 0 Å². The number of aromatic nitrogens is 1. The summed E-state index contributed by atoms with van der Waals surface area (Å²) in [5.74, 6) is 1.09. The average Bonchev–Trinajstić information content (AvgIpc) is 2.66. The third-order valence-corrected chi connectivity index (χ3v) is 4.65. The maximum absolute atomic E-state index is 3.67. The van der Waals surface area contributed by atoms with E-state index in [-0.39, 0.29) is 0 Å². The maximum Gasteiger partial charge on any atom is 0.0494 e. The van der Waals surface area contributed by atoms with E-state index < -0.39 is 0 Å². The third kappa shape index (κ3) is 2.71. The minimum absolute atomic E-state index is 0.678. The lowest BCUT2D eigenvalue weighted by molar-refractivity contribution is 0.795. The summed E-state index contributed by atoms with van der Waals surface area (Å²) < 4.78 is 3.54. The van der Waals surface area contributed by atoms with Crippen molar-refractivity contribution in [2.75, 3.05) is 0 Å². The summed E-state index contributed by atoms with van der Waals surface area (Å²) in [7, 11) is 0. The number of rotatable bonds is 4. The molecule has 0 aliphatic heterocycles. The second kappa shape index (κ2) is 5.49. The Morgan fingerprint density at radius 2 is 2.12 bits per heavy atom. The first kappa shape index (κ1) is 13.0. The van der Waals surface area contributed by atoms with Gasteiger partial charge in [0.2, 0.25) is 0 Å². The molecule has 0 aliphatic carbocycles. The van der Waals surface area contributed by atoms with Crippen molar-refractivity contribution in [3.8, 4) is 0 Å². The Hall–Kier alpha value is -0.410. The third-order valence-electron chi connectivity index (χ3n) is 2.85. The number of fused-ring (bicyclic) bond motifs is 1. The van der Waals surface area contributed by atoms with Gasteiger partial charge in [0.15, 0.2) is 0 Å². The predicted molar refractivity (Wildman–Crippen MR) is 81.7 cm³/mol. The van der Waals surface area contributed by atoms with Crippen molar-refractivity contribution >= 4 is 38.6 Å². The molecule has 3 heteroatoms. The summed E-state index contributed by atoms with van der Waals surface area (Å²) in [5, 5.41) is 2.06. The van der Waals surface area contributed by atoms with Crippen molar-refractivity contribution in [1.82, 2.24) is 4.57 Å². The van der Waals surface area contributed by atoms with Gasteiger partial charge in [-0.05, 0) is 29.9 Å². The molecule has 0 aliphatic rings. The van der Waals surface area contributed by atoms with Crippen molar-refractivity contribution < 1.29 is 0 Å². The smallest absolute Gasteiger partial charge is 0.0494 e. The van der Waals surface area contributed by atoms with Crippen LogP contribution in [0.4, 0.5) is 0 Å². The van der Waals surface area contributed by atoms with Crippen LogP contribution in [0.15, 0.2) is 28.9 Å². The van der Waals surface area contributed by atoms with E-state index in [1.54, 1.807) is 0 Å². The van der Waals surface area contributed by atoms with E-state index >= 15 is 0 Å². The van der Waals surface area contributed by atoms with E-state index in [0.29, 0.717) is 5.25 Å². The second-order valence-corrected chi connectivity index (χ2v) is 6.85. The topological polar surface area (TPSA) is 4.93 Å². The molecule has 0 fully saturated rings. The van der Waals surface area contributed by atoms with Crippen molar-refractivity contribution in [2.24, 2.45) is 0 Å². The van der Waals surface area contributed by atoms with E-state index in [9.17, 15) is 0 Å². The molecule has 0 radical (unpaired) electrons. The summed E-state index contributed by atoms with van der Waals surface area (Å²) >= 11 is 5.67. The van der Waals surface area contributed by atoms with Gasteiger partial charge in [-0.25, -0.2) is 0 Å². The van der Waals surface area contributed by atoms with Crippen LogP contribution in [0.5, 0.6) is 0 Å². The molecule has 0 bridgehead atoms. The highest BCUT2D eigenvalue weighted by molar-refractivity contribution is 9.10. The van der Waals surface area contributed by atoms with E-state index in [2.05, 4.69) is 65.7 Å². The zero-order chi connectivity index (χ0) is 12.4. The molecule has 0 spiro atoms. The molecule has 1 aromatic carbocycles. The van der Waals surface area contributed by atoms with Crippen LogP contribution in [-0.2, 0) is 12.3 Å². The zero-order valence-corrected chi connectivity index (χ0v) is 12.9. The molecule has 0 amide bonds. The van der Waals surface area contributed by atoms with Gasteiger partial charge in [-0.1, -0.05) is 35.8 Å². The summed E-state index contributed by atoms with van der Waals surface area (Å²) in [6.07, 6.45) is 2.30. The standard InChI is InChI=1S/C14H18BrNS/c1-4-16-8-11(9-17-10(2)3)14-12(15)6-5-7-13(14)16/h5-8,10H,4,9H2,1-3H3. The lowest BCUT2D eigenvalue weighted by Crippen LogP contribution is -1.90. The zero-order valence-electron chi connectivity index (χ0n) is 10.5. The van der Waals surface area contributed by atoms with Crippen LogP contribution in [-0.4, -0.2) is 9.82 Å². The Balaban J connectivity index is 2.47. The first-order valence-corrected chi connectivity index (χ1v) is 7.85. The molecule has 0 atom stereocenters. The normalized spacial score (nSPS) is 11.6. The number of benzene rings is 1. The Kier molecular flexibility index (Phi) is 4.21. The molecule has 1 nitrogen and oxygen atoms in total. The highest BCUT2D eigenvalue weighted by Crippen LogP contribution is 2.32. The predicted octanol–water partition coefficient (Wildman–Crippen LogP) is 5.07. The highest BCUT2D eigenvalue weighted by Gasteiger charge is 2.10. The van der Waals surface area contributed by atoms with Crippen molar-refractivity contribution in [1.29, 1.82) is 0 Å². The SMILES string of the molecule is CCn1cc(CSC(C)C)c2c(Br)cccc21. The molecular formula is C14H18BrNS. The van der Waals surface area contributed by atoms with Crippen LogP contribution in [0, 0.1) is 0 Å². The molecule has 0 saturated carbocycles. The van der Waals surface area contributed by atoms with Gasteiger partial charge < -0.3 is 4.57 Å². The summed E-state index contributed by atoms with van der Waals surface area (Å²) in [6.45, 7) is 7.72. The number of hydrogen-bond acceptors (Lipinski definition) is 1. The number of hydrogen-bond donors (Lipinski definition) is 0. The second-order valence-electron chi connectivity index (χ2n) is 4.43. The maximum atomic E-state index is 3.67. The van der Waals surface area contributed by atoms with Gasteiger partial charge in [0, 0.05) is 33.9 Å².